The Morgan fingerprint density at radius 2 is 1.81 bits per heavy atom. The summed E-state index contributed by atoms with van der Waals surface area (Å²) in [5.74, 6) is 0.650. The quantitative estimate of drug-likeness (QED) is 0.787. The van der Waals surface area contributed by atoms with Crippen molar-refractivity contribution in [3.05, 3.63) is 34.6 Å². The summed E-state index contributed by atoms with van der Waals surface area (Å²) in [5, 5.41) is 8.92. The Kier molecular flexibility index (Phi) is 5.30. The van der Waals surface area contributed by atoms with Crippen LogP contribution in [0.1, 0.15) is 13.8 Å². The van der Waals surface area contributed by atoms with Gasteiger partial charge in [-0.15, -0.1) is 0 Å². The number of rotatable bonds is 7. The van der Waals surface area contributed by atoms with Crippen LogP contribution in [0.15, 0.2) is 29.1 Å². The SMILES string of the molecule is CCOC(CNc1nn(C)c(=O)c2ccccc12)OCC. The van der Waals surface area contributed by atoms with Crippen LogP contribution in [-0.2, 0) is 16.5 Å². The van der Waals surface area contributed by atoms with E-state index < -0.39 is 0 Å². The fraction of sp³-hybridized carbons (Fsp3) is 0.467. The van der Waals surface area contributed by atoms with Gasteiger partial charge >= 0.3 is 0 Å². The van der Waals surface area contributed by atoms with Crippen molar-refractivity contribution >= 4 is 16.6 Å². The summed E-state index contributed by atoms with van der Waals surface area (Å²) < 4.78 is 12.3. The molecule has 0 unspecified atom stereocenters. The molecule has 0 spiro atoms. The standard InChI is InChI=1S/C15H21N3O3/c1-4-20-13(21-5-2)10-16-14-11-8-6-7-9-12(11)15(19)18(3)17-14/h6-9,13H,4-5,10H2,1-3H3,(H,16,17). The first-order chi connectivity index (χ1) is 10.2. The van der Waals surface area contributed by atoms with Crippen molar-refractivity contribution in [2.24, 2.45) is 7.05 Å². The summed E-state index contributed by atoms with van der Waals surface area (Å²) in [6, 6.07) is 7.41. The molecule has 21 heavy (non-hydrogen) atoms. The molecule has 0 radical (unpaired) electrons. The minimum atomic E-state index is -0.335. The lowest BCUT2D eigenvalue weighted by Crippen LogP contribution is -2.28. The van der Waals surface area contributed by atoms with E-state index in [4.69, 9.17) is 9.47 Å². The summed E-state index contributed by atoms with van der Waals surface area (Å²) in [6.07, 6.45) is -0.335. The van der Waals surface area contributed by atoms with Gasteiger partial charge in [-0.3, -0.25) is 4.79 Å². The number of aromatic nitrogens is 2. The Hall–Kier alpha value is -1.92. The number of anilines is 1. The summed E-state index contributed by atoms with van der Waals surface area (Å²) in [5.41, 5.74) is -0.109. The molecule has 0 aliphatic rings. The molecule has 0 saturated carbocycles. The average Bonchev–Trinajstić information content (AvgIpc) is 2.50. The van der Waals surface area contributed by atoms with Crippen molar-refractivity contribution in [1.82, 2.24) is 9.78 Å². The van der Waals surface area contributed by atoms with Crippen molar-refractivity contribution in [2.75, 3.05) is 25.1 Å². The molecular weight excluding hydrogens is 270 g/mol. The molecule has 6 nitrogen and oxygen atoms in total. The molecule has 1 aromatic carbocycles. The first kappa shape index (κ1) is 15.5. The van der Waals surface area contributed by atoms with Gasteiger partial charge in [-0.05, 0) is 19.9 Å². The summed E-state index contributed by atoms with van der Waals surface area (Å²) in [4.78, 5) is 12.0. The first-order valence-electron chi connectivity index (χ1n) is 7.10. The third-order valence-electron chi connectivity index (χ3n) is 3.10. The molecule has 0 fully saturated rings. The average molecular weight is 291 g/mol. The Bertz CT molecular complexity index is 648. The largest absolute Gasteiger partial charge is 0.363 e. The maximum atomic E-state index is 12.0. The monoisotopic (exact) mass is 291 g/mol. The molecule has 0 aliphatic heterocycles. The topological polar surface area (TPSA) is 65.4 Å². The third-order valence-corrected chi connectivity index (χ3v) is 3.10. The minimum Gasteiger partial charge on any atom is -0.363 e. The smallest absolute Gasteiger partial charge is 0.274 e. The molecule has 114 valence electrons. The van der Waals surface area contributed by atoms with Crippen LogP contribution in [0.3, 0.4) is 0 Å². The maximum absolute atomic E-state index is 12.0. The molecule has 0 aliphatic carbocycles. The highest BCUT2D eigenvalue weighted by atomic mass is 16.7. The van der Waals surface area contributed by atoms with Gasteiger partial charge in [-0.2, -0.15) is 5.10 Å². The van der Waals surface area contributed by atoms with Gasteiger partial charge in [0.1, 0.15) is 0 Å². The fourth-order valence-electron chi connectivity index (χ4n) is 2.15. The highest BCUT2D eigenvalue weighted by Crippen LogP contribution is 2.17. The summed E-state index contributed by atoms with van der Waals surface area (Å²) >= 11 is 0. The fourth-order valence-corrected chi connectivity index (χ4v) is 2.15. The molecule has 0 bridgehead atoms. The lowest BCUT2D eigenvalue weighted by Gasteiger charge is -2.18. The highest BCUT2D eigenvalue weighted by Gasteiger charge is 2.11. The summed E-state index contributed by atoms with van der Waals surface area (Å²) in [6.45, 7) is 5.47. The molecule has 0 atom stereocenters. The second-order valence-electron chi connectivity index (χ2n) is 4.54. The Balaban J connectivity index is 2.26. The predicted molar refractivity (Wildman–Crippen MR) is 82.5 cm³/mol. The van der Waals surface area contributed by atoms with Gasteiger partial charge in [-0.1, -0.05) is 18.2 Å². The van der Waals surface area contributed by atoms with Gasteiger partial charge in [0.15, 0.2) is 12.1 Å². The van der Waals surface area contributed by atoms with Crippen molar-refractivity contribution in [1.29, 1.82) is 0 Å². The highest BCUT2D eigenvalue weighted by molar-refractivity contribution is 5.90. The van der Waals surface area contributed by atoms with Crippen molar-refractivity contribution in [3.63, 3.8) is 0 Å². The van der Waals surface area contributed by atoms with Crippen LogP contribution < -0.4 is 10.9 Å². The molecule has 1 N–H and O–H groups in total. The van der Waals surface area contributed by atoms with Gasteiger partial charge in [0, 0.05) is 25.6 Å². The second kappa shape index (κ2) is 7.19. The van der Waals surface area contributed by atoms with Gasteiger partial charge in [0.25, 0.3) is 5.56 Å². The molecule has 0 saturated heterocycles. The lowest BCUT2D eigenvalue weighted by atomic mass is 10.2. The summed E-state index contributed by atoms with van der Waals surface area (Å²) in [7, 11) is 1.64. The van der Waals surface area contributed by atoms with Gasteiger partial charge < -0.3 is 14.8 Å². The van der Waals surface area contributed by atoms with E-state index in [1.165, 1.54) is 4.68 Å². The number of ether oxygens (including phenoxy) is 2. The molecule has 2 rings (SSSR count). The van der Waals surface area contributed by atoms with Gasteiger partial charge in [0.05, 0.1) is 11.9 Å². The number of hydrogen-bond acceptors (Lipinski definition) is 5. The molecule has 6 heteroatoms. The van der Waals surface area contributed by atoms with Crippen molar-refractivity contribution in [3.8, 4) is 0 Å². The zero-order valence-electron chi connectivity index (χ0n) is 12.6. The third kappa shape index (κ3) is 3.59. The molecular formula is C15H21N3O3. The van der Waals surface area contributed by atoms with Crippen molar-refractivity contribution in [2.45, 2.75) is 20.1 Å². The number of fused-ring (bicyclic) bond motifs is 1. The van der Waals surface area contributed by atoms with Crippen LogP contribution in [0, 0.1) is 0 Å². The van der Waals surface area contributed by atoms with E-state index in [1.807, 2.05) is 32.0 Å². The van der Waals surface area contributed by atoms with Crippen LogP contribution in [0.25, 0.3) is 10.8 Å². The number of nitrogens with zero attached hydrogens (tertiary/aromatic N) is 2. The zero-order chi connectivity index (χ0) is 15.2. The first-order valence-corrected chi connectivity index (χ1v) is 7.10. The van der Waals surface area contributed by atoms with E-state index in [0.717, 1.165) is 5.39 Å². The van der Waals surface area contributed by atoms with E-state index in [0.29, 0.717) is 31.0 Å². The predicted octanol–water partition coefficient (Wildman–Crippen LogP) is 1.74. The van der Waals surface area contributed by atoms with Crippen LogP contribution >= 0.6 is 0 Å². The zero-order valence-corrected chi connectivity index (χ0v) is 12.6. The molecule has 1 aromatic heterocycles. The number of aryl methyl sites for hydroxylation is 1. The molecule has 2 aromatic rings. The van der Waals surface area contributed by atoms with Gasteiger partial charge in [0.2, 0.25) is 0 Å². The van der Waals surface area contributed by atoms with Crippen LogP contribution in [0.4, 0.5) is 5.82 Å². The van der Waals surface area contributed by atoms with Crippen LogP contribution in [0.5, 0.6) is 0 Å². The van der Waals surface area contributed by atoms with E-state index in [2.05, 4.69) is 10.4 Å². The van der Waals surface area contributed by atoms with E-state index >= 15 is 0 Å². The number of hydrogen-bond donors (Lipinski definition) is 1. The van der Waals surface area contributed by atoms with E-state index in [1.54, 1.807) is 13.1 Å². The van der Waals surface area contributed by atoms with Crippen molar-refractivity contribution < 1.29 is 9.47 Å². The normalized spacial score (nSPS) is 11.2. The van der Waals surface area contributed by atoms with Crippen LogP contribution in [0.2, 0.25) is 0 Å². The van der Waals surface area contributed by atoms with E-state index in [9.17, 15) is 4.79 Å². The van der Waals surface area contributed by atoms with Crippen LogP contribution in [-0.4, -0.2) is 35.8 Å². The maximum Gasteiger partial charge on any atom is 0.274 e. The van der Waals surface area contributed by atoms with Gasteiger partial charge in [-0.25, -0.2) is 4.68 Å². The minimum absolute atomic E-state index is 0.109. The Morgan fingerprint density at radius 1 is 1.19 bits per heavy atom. The lowest BCUT2D eigenvalue weighted by molar-refractivity contribution is -0.126. The second-order valence-corrected chi connectivity index (χ2v) is 4.54. The number of benzene rings is 1. The molecule has 0 amide bonds. The number of nitrogens with one attached hydrogen (secondary N) is 1. The Labute approximate surface area is 123 Å². The Morgan fingerprint density at radius 3 is 2.43 bits per heavy atom. The van der Waals surface area contributed by atoms with E-state index in [-0.39, 0.29) is 11.8 Å². The molecule has 1 heterocycles.